The number of ether oxygens (including phenoxy) is 1. The van der Waals surface area contributed by atoms with E-state index in [-0.39, 0.29) is 30.2 Å². The molecule has 5 rings (SSSR count). The van der Waals surface area contributed by atoms with Crippen molar-refractivity contribution in [2.75, 3.05) is 26.2 Å². The maximum Gasteiger partial charge on any atom is 0.255 e. The Morgan fingerprint density at radius 2 is 1.86 bits per heavy atom. The van der Waals surface area contributed by atoms with Crippen LogP contribution in [0.3, 0.4) is 0 Å². The monoisotopic (exact) mass is 398 g/mol. The summed E-state index contributed by atoms with van der Waals surface area (Å²) in [7, 11) is 0. The molecule has 3 amide bonds. The summed E-state index contributed by atoms with van der Waals surface area (Å²) in [4.78, 5) is 40.7. The van der Waals surface area contributed by atoms with Gasteiger partial charge in [0.25, 0.3) is 5.91 Å². The van der Waals surface area contributed by atoms with Gasteiger partial charge in [0.1, 0.15) is 17.9 Å². The molecule has 0 spiro atoms. The van der Waals surface area contributed by atoms with Crippen molar-refractivity contribution >= 4 is 17.7 Å². The Balaban J connectivity index is 1.25. The second-order valence-electron chi connectivity index (χ2n) is 8.33. The van der Waals surface area contributed by atoms with Gasteiger partial charge >= 0.3 is 0 Å². The first-order valence-corrected chi connectivity index (χ1v) is 10.5. The van der Waals surface area contributed by atoms with Gasteiger partial charge < -0.3 is 15.0 Å². The lowest BCUT2D eigenvalue weighted by atomic mass is 9.87. The van der Waals surface area contributed by atoms with Gasteiger partial charge in [-0.1, -0.05) is 6.07 Å². The maximum absolute atomic E-state index is 12.9. The molecule has 1 aromatic carbocycles. The molecule has 1 atom stereocenters. The minimum atomic E-state index is -0.596. The van der Waals surface area contributed by atoms with Crippen molar-refractivity contribution < 1.29 is 19.1 Å². The molecule has 0 aromatic heterocycles. The maximum atomic E-state index is 12.9. The summed E-state index contributed by atoms with van der Waals surface area (Å²) in [5.74, 6) is -0.0761. The topological polar surface area (TPSA) is 91.0 Å². The molecule has 29 heavy (non-hydrogen) atoms. The van der Waals surface area contributed by atoms with Crippen LogP contribution in [0.1, 0.15) is 41.6 Å². The van der Waals surface area contributed by atoms with Gasteiger partial charge in [-0.3, -0.25) is 24.6 Å². The van der Waals surface area contributed by atoms with E-state index in [2.05, 4.69) is 15.5 Å². The number of carbonyl (C=O) groups is 3. The third-order valence-electron chi connectivity index (χ3n) is 6.57. The number of hydrogen-bond donors (Lipinski definition) is 2. The zero-order chi connectivity index (χ0) is 20.0. The van der Waals surface area contributed by atoms with E-state index in [4.69, 9.17) is 4.74 Å². The van der Waals surface area contributed by atoms with E-state index in [0.29, 0.717) is 24.6 Å². The van der Waals surface area contributed by atoms with Crippen molar-refractivity contribution in [3.8, 4) is 5.75 Å². The van der Waals surface area contributed by atoms with Crippen LogP contribution in [-0.2, 0) is 16.1 Å². The average Bonchev–Trinajstić information content (AvgIpc) is 3.02. The van der Waals surface area contributed by atoms with E-state index in [1.807, 2.05) is 12.1 Å². The first kappa shape index (κ1) is 18.6. The molecule has 1 aliphatic carbocycles. The van der Waals surface area contributed by atoms with E-state index >= 15 is 0 Å². The van der Waals surface area contributed by atoms with Crippen LogP contribution >= 0.6 is 0 Å². The molecule has 1 saturated carbocycles. The number of nitrogens with zero attached hydrogens (tertiary/aromatic N) is 2. The predicted molar refractivity (Wildman–Crippen MR) is 104 cm³/mol. The molecule has 2 saturated heterocycles. The highest BCUT2D eigenvalue weighted by molar-refractivity contribution is 6.05. The van der Waals surface area contributed by atoms with Crippen LogP contribution < -0.4 is 15.4 Å². The van der Waals surface area contributed by atoms with E-state index in [1.165, 1.54) is 0 Å². The second kappa shape index (κ2) is 7.42. The third kappa shape index (κ3) is 3.40. The fourth-order valence-corrected chi connectivity index (χ4v) is 4.83. The second-order valence-corrected chi connectivity index (χ2v) is 8.33. The smallest absolute Gasteiger partial charge is 0.255 e. The van der Waals surface area contributed by atoms with Gasteiger partial charge in [0.05, 0.1) is 6.54 Å². The van der Waals surface area contributed by atoms with E-state index in [1.54, 1.807) is 11.0 Å². The van der Waals surface area contributed by atoms with Crippen LogP contribution in [0.25, 0.3) is 0 Å². The Bertz CT molecular complexity index is 845. The zero-order valence-electron chi connectivity index (χ0n) is 16.4. The van der Waals surface area contributed by atoms with Gasteiger partial charge in [-0.05, 0) is 18.6 Å². The summed E-state index contributed by atoms with van der Waals surface area (Å²) in [6, 6.07) is 5.53. The number of amides is 3. The highest BCUT2D eigenvalue weighted by Crippen LogP contribution is 2.37. The summed E-state index contributed by atoms with van der Waals surface area (Å²) in [6.45, 7) is 4.63. The van der Waals surface area contributed by atoms with Gasteiger partial charge in [-0.2, -0.15) is 0 Å². The summed E-state index contributed by atoms with van der Waals surface area (Å²) >= 11 is 0. The lowest BCUT2D eigenvalue weighted by molar-refractivity contribution is -0.136. The van der Waals surface area contributed by atoms with Gasteiger partial charge in [-0.25, -0.2) is 0 Å². The summed E-state index contributed by atoms with van der Waals surface area (Å²) in [6.07, 6.45) is 2.81. The lowest BCUT2D eigenvalue weighted by Gasteiger charge is -2.44. The van der Waals surface area contributed by atoms with E-state index < -0.39 is 6.04 Å². The van der Waals surface area contributed by atoms with Crippen molar-refractivity contribution in [3.63, 3.8) is 0 Å². The van der Waals surface area contributed by atoms with Crippen LogP contribution in [0.4, 0.5) is 0 Å². The Kier molecular flexibility index (Phi) is 4.75. The van der Waals surface area contributed by atoms with E-state index in [0.717, 1.165) is 50.3 Å². The van der Waals surface area contributed by atoms with Crippen LogP contribution in [0.2, 0.25) is 0 Å². The van der Waals surface area contributed by atoms with Gasteiger partial charge in [-0.15, -0.1) is 0 Å². The van der Waals surface area contributed by atoms with Crippen LogP contribution in [0.15, 0.2) is 18.2 Å². The highest BCUT2D eigenvalue weighted by atomic mass is 16.5. The molecule has 0 bridgehead atoms. The number of piperazine rings is 1. The van der Waals surface area contributed by atoms with Gasteiger partial charge in [0, 0.05) is 62.6 Å². The molecular formula is C21H26N4O4. The first-order valence-electron chi connectivity index (χ1n) is 10.5. The van der Waals surface area contributed by atoms with Gasteiger partial charge in [0.15, 0.2) is 0 Å². The highest BCUT2D eigenvalue weighted by Gasteiger charge is 2.41. The molecule has 3 aliphatic heterocycles. The fourth-order valence-electron chi connectivity index (χ4n) is 4.83. The molecule has 4 aliphatic rings. The molecule has 3 fully saturated rings. The number of nitrogens with one attached hydrogen (secondary N) is 2. The first-order chi connectivity index (χ1) is 14.1. The molecule has 0 unspecified atom stereocenters. The third-order valence-corrected chi connectivity index (χ3v) is 6.57. The van der Waals surface area contributed by atoms with Crippen molar-refractivity contribution in [2.45, 2.75) is 50.4 Å². The fraction of sp³-hybridized carbons (Fsp3) is 0.571. The average molecular weight is 398 g/mol. The number of benzene rings is 1. The minimum absolute atomic E-state index is 0.160. The van der Waals surface area contributed by atoms with Crippen molar-refractivity contribution in [2.24, 2.45) is 0 Å². The summed E-state index contributed by atoms with van der Waals surface area (Å²) < 4.78 is 6.27. The van der Waals surface area contributed by atoms with E-state index in [9.17, 15) is 14.4 Å². The number of rotatable bonds is 4. The Morgan fingerprint density at radius 3 is 2.62 bits per heavy atom. The van der Waals surface area contributed by atoms with Crippen LogP contribution in [0, 0.1) is 0 Å². The number of hydrogen-bond acceptors (Lipinski definition) is 6. The molecule has 8 heteroatoms. The Labute approximate surface area is 169 Å². The van der Waals surface area contributed by atoms with Crippen molar-refractivity contribution in [1.82, 2.24) is 20.4 Å². The summed E-state index contributed by atoms with van der Waals surface area (Å²) in [5, 5.41) is 5.72. The summed E-state index contributed by atoms with van der Waals surface area (Å²) in [5.41, 5.74) is 1.46. The lowest BCUT2D eigenvalue weighted by Crippen LogP contribution is -2.55. The number of imide groups is 1. The SMILES string of the molecule is O=C1CC[C@@H](N2Cc3c(OC4CC(N5CCNCC5)C4)cccc3C2=O)C(=O)N1. The van der Waals surface area contributed by atoms with Crippen LogP contribution in [0.5, 0.6) is 5.75 Å². The standard InChI is InChI=1S/C21H26N4O4/c26-19-5-4-17(20(27)23-19)25-12-16-15(21(25)28)2-1-3-18(16)29-14-10-13(11-14)24-8-6-22-7-9-24/h1-3,13-14,17,22H,4-12H2,(H,23,26,27)/t13?,14?,17-/m1/s1. The Hall–Kier alpha value is -2.45. The predicted octanol–water partition coefficient (Wildman–Crippen LogP) is 0.263. The largest absolute Gasteiger partial charge is 0.490 e. The van der Waals surface area contributed by atoms with Crippen molar-refractivity contribution in [1.29, 1.82) is 0 Å². The zero-order valence-corrected chi connectivity index (χ0v) is 16.4. The molecule has 154 valence electrons. The molecule has 3 heterocycles. The number of fused-ring (bicyclic) bond motifs is 1. The quantitative estimate of drug-likeness (QED) is 0.708. The molecule has 0 radical (unpaired) electrons. The molecule has 1 aromatic rings. The Morgan fingerprint density at radius 1 is 1.07 bits per heavy atom. The molecule has 8 nitrogen and oxygen atoms in total. The minimum Gasteiger partial charge on any atom is -0.490 e. The number of carbonyl (C=O) groups excluding carboxylic acids is 3. The van der Waals surface area contributed by atoms with Crippen LogP contribution in [-0.4, -0.2) is 71.9 Å². The molecular weight excluding hydrogens is 372 g/mol. The number of piperidine rings is 1. The normalized spacial score (nSPS) is 30.0. The van der Waals surface area contributed by atoms with Gasteiger partial charge in [0.2, 0.25) is 11.8 Å². The molecule has 2 N–H and O–H groups in total. The van der Waals surface area contributed by atoms with Crippen molar-refractivity contribution in [3.05, 3.63) is 29.3 Å².